The lowest BCUT2D eigenvalue weighted by Gasteiger charge is -2.21. The van der Waals surface area contributed by atoms with Crippen LogP contribution in [0.1, 0.15) is 18.9 Å². The van der Waals surface area contributed by atoms with Crippen LogP contribution in [0.3, 0.4) is 0 Å². The molecule has 2 aromatic carbocycles. The van der Waals surface area contributed by atoms with E-state index in [0.717, 1.165) is 24.3 Å². The van der Waals surface area contributed by atoms with E-state index < -0.39 is 0 Å². The van der Waals surface area contributed by atoms with Gasteiger partial charge in [-0.25, -0.2) is 0 Å². The van der Waals surface area contributed by atoms with Gasteiger partial charge in [0.15, 0.2) is 0 Å². The number of benzene rings is 2. The number of hydrogen-bond donors (Lipinski definition) is 1. The van der Waals surface area contributed by atoms with Crippen LogP contribution in [0, 0.1) is 0 Å². The van der Waals surface area contributed by atoms with Crippen LogP contribution in [0.4, 0.5) is 5.69 Å². The van der Waals surface area contributed by atoms with Gasteiger partial charge in [0.2, 0.25) is 11.8 Å². The molecule has 0 aliphatic rings. The lowest BCUT2D eigenvalue weighted by molar-refractivity contribution is -0.132. The fourth-order valence-corrected chi connectivity index (χ4v) is 2.67. The molecular weight excluding hydrogens is 354 g/mol. The van der Waals surface area contributed by atoms with Crippen LogP contribution >= 0.6 is 0 Å². The standard InChI is InChI=1S/C22H29N3O3/c1-18(26)25(15-7-14-24(2)3)16-22(27)23-20-10-12-21(13-11-20)28-17-19-8-5-4-6-9-19/h4-6,8-13H,7,14-17H2,1-3H3,(H,23,27). The molecule has 0 saturated carbocycles. The Morgan fingerprint density at radius 1 is 0.964 bits per heavy atom. The summed E-state index contributed by atoms with van der Waals surface area (Å²) in [5, 5.41) is 2.83. The molecule has 0 aliphatic heterocycles. The molecular formula is C22H29N3O3. The second-order valence-corrected chi connectivity index (χ2v) is 6.94. The molecule has 2 rings (SSSR count). The van der Waals surface area contributed by atoms with Gasteiger partial charge in [-0.3, -0.25) is 9.59 Å². The molecule has 2 aromatic rings. The number of carbonyl (C=O) groups is 2. The molecule has 6 heteroatoms. The Kier molecular flexibility index (Phi) is 8.49. The highest BCUT2D eigenvalue weighted by molar-refractivity contribution is 5.94. The number of rotatable bonds is 10. The first-order valence-corrected chi connectivity index (χ1v) is 9.41. The number of ether oxygens (including phenoxy) is 1. The number of carbonyl (C=O) groups excluding carboxylic acids is 2. The number of nitrogens with one attached hydrogen (secondary N) is 1. The van der Waals surface area contributed by atoms with Crippen LogP contribution in [0.2, 0.25) is 0 Å². The highest BCUT2D eigenvalue weighted by Gasteiger charge is 2.13. The molecule has 0 spiro atoms. The molecule has 0 aliphatic carbocycles. The maximum absolute atomic E-state index is 12.3. The van der Waals surface area contributed by atoms with E-state index in [1.807, 2.05) is 56.6 Å². The van der Waals surface area contributed by atoms with Crippen molar-refractivity contribution in [2.45, 2.75) is 20.0 Å². The Morgan fingerprint density at radius 3 is 2.25 bits per heavy atom. The number of hydrogen-bond acceptors (Lipinski definition) is 4. The predicted octanol–water partition coefficient (Wildman–Crippen LogP) is 3.00. The quantitative estimate of drug-likeness (QED) is 0.685. The zero-order valence-electron chi connectivity index (χ0n) is 16.9. The molecule has 0 bridgehead atoms. The van der Waals surface area contributed by atoms with Crippen molar-refractivity contribution in [3.63, 3.8) is 0 Å². The maximum atomic E-state index is 12.3. The number of anilines is 1. The van der Waals surface area contributed by atoms with E-state index in [4.69, 9.17) is 4.74 Å². The van der Waals surface area contributed by atoms with Crippen molar-refractivity contribution < 1.29 is 14.3 Å². The molecule has 0 aromatic heterocycles. The second kappa shape index (κ2) is 11.1. The van der Waals surface area contributed by atoms with Gasteiger partial charge in [0.1, 0.15) is 12.4 Å². The molecule has 0 unspecified atom stereocenters. The van der Waals surface area contributed by atoms with Crippen molar-refractivity contribution in [2.24, 2.45) is 0 Å². The fraction of sp³-hybridized carbons (Fsp3) is 0.364. The van der Waals surface area contributed by atoms with Crippen LogP contribution in [0.5, 0.6) is 5.75 Å². The molecule has 6 nitrogen and oxygen atoms in total. The van der Waals surface area contributed by atoms with Crippen molar-refractivity contribution in [3.8, 4) is 5.75 Å². The Labute approximate surface area is 167 Å². The van der Waals surface area contributed by atoms with E-state index in [9.17, 15) is 9.59 Å². The molecule has 0 fully saturated rings. The van der Waals surface area contributed by atoms with Gasteiger partial charge in [-0.15, -0.1) is 0 Å². The summed E-state index contributed by atoms with van der Waals surface area (Å²) in [6, 6.07) is 17.2. The lowest BCUT2D eigenvalue weighted by atomic mass is 10.2. The van der Waals surface area contributed by atoms with E-state index >= 15 is 0 Å². The van der Waals surface area contributed by atoms with Crippen molar-refractivity contribution in [1.29, 1.82) is 0 Å². The number of amides is 2. The highest BCUT2D eigenvalue weighted by atomic mass is 16.5. The molecule has 2 amide bonds. The van der Waals surface area contributed by atoms with Gasteiger partial charge in [-0.2, -0.15) is 0 Å². The first-order valence-electron chi connectivity index (χ1n) is 9.41. The smallest absolute Gasteiger partial charge is 0.243 e. The summed E-state index contributed by atoms with van der Waals surface area (Å²) in [4.78, 5) is 27.7. The van der Waals surface area contributed by atoms with Gasteiger partial charge in [0.25, 0.3) is 0 Å². The third kappa shape index (κ3) is 7.80. The summed E-state index contributed by atoms with van der Waals surface area (Å²) in [6.45, 7) is 3.47. The van der Waals surface area contributed by atoms with Gasteiger partial charge in [0.05, 0.1) is 6.54 Å². The van der Waals surface area contributed by atoms with Gasteiger partial charge in [-0.1, -0.05) is 30.3 Å². The third-order valence-electron chi connectivity index (χ3n) is 4.20. The van der Waals surface area contributed by atoms with Crippen LogP contribution in [0.25, 0.3) is 0 Å². The molecule has 1 N–H and O–H groups in total. The second-order valence-electron chi connectivity index (χ2n) is 6.94. The molecule has 150 valence electrons. The normalized spacial score (nSPS) is 10.6. The summed E-state index contributed by atoms with van der Waals surface area (Å²) < 4.78 is 5.74. The van der Waals surface area contributed by atoms with Gasteiger partial charge in [-0.05, 0) is 56.9 Å². The first-order chi connectivity index (χ1) is 13.4. The fourth-order valence-electron chi connectivity index (χ4n) is 2.67. The summed E-state index contributed by atoms with van der Waals surface area (Å²) >= 11 is 0. The third-order valence-corrected chi connectivity index (χ3v) is 4.20. The summed E-state index contributed by atoms with van der Waals surface area (Å²) in [5.74, 6) is 0.424. The summed E-state index contributed by atoms with van der Waals surface area (Å²) in [7, 11) is 3.97. The number of nitrogens with zero attached hydrogens (tertiary/aromatic N) is 2. The van der Waals surface area contributed by atoms with E-state index in [1.54, 1.807) is 17.0 Å². The lowest BCUT2D eigenvalue weighted by Crippen LogP contribution is -2.38. The van der Waals surface area contributed by atoms with Crippen LogP contribution < -0.4 is 10.1 Å². The van der Waals surface area contributed by atoms with Gasteiger partial charge >= 0.3 is 0 Å². The van der Waals surface area contributed by atoms with Crippen molar-refractivity contribution in [2.75, 3.05) is 39.0 Å². The summed E-state index contributed by atoms with van der Waals surface area (Å²) in [5.41, 5.74) is 1.77. The minimum absolute atomic E-state index is 0.0506. The Hall–Kier alpha value is -2.86. The maximum Gasteiger partial charge on any atom is 0.243 e. The van der Waals surface area contributed by atoms with E-state index in [-0.39, 0.29) is 18.4 Å². The van der Waals surface area contributed by atoms with Crippen LogP contribution in [-0.2, 0) is 16.2 Å². The first kappa shape index (κ1) is 21.4. The van der Waals surface area contributed by atoms with Crippen molar-refractivity contribution in [3.05, 3.63) is 60.2 Å². The molecule has 0 radical (unpaired) electrons. The average Bonchev–Trinajstić information content (AvgIpc) is 2.67. The average molecular weight is 383 g/mol. The van der Waals surface area contributed by atoms with E-state index in [2.05, 4.69) is 10.2 Å². The van der Waals surface area contributed by atoms with Gasteiger partial charge < -0.3 is 19.9 Å². The Bertz CT molecular complexity index is 745. The van der Waals surface area contributed by atoms with Crippen LogP contribution in [-0.4, -0.2) is 55.3 Å². The molecule has 28 heavy (non-hydrogen) atoms. The topological polar surface area (TPSA) is 61.9 Å². The SMILES string of the molecule is CC(=O)N(CCCN(C)C)CC(=O)Nc1ccc(OCc2ccccc2)cc1. The predicted molar refractivity (Wildman–Crippen MR) is 111 cm³/mol. The molecule has 0 atom stereocenters. The highest BCUT2D eigenvalue weighted by Crippen LogP contribution is 2.17. The van der Waals surface area contributed by atoms with Crippen molar-refractivity contribution >= 4 is 17.5 Å². The zero-order chi connectivity index (χ0) is 20.4. The van der Waals surface area contributed by atoms with Gasteiger partial charge in [0, 0.05) is 19.2 Å². The van der Waals surface area contributed by atoms with E-state index in [0.29, 0.717) is 18.8 Å². The molecule has 0 heterocycles. The Balaban J connectivity index is 1.81. The van der Waals surface area contributed by atoms with Crippen LogP contribution in [0.15, 0.2) is 54.6 Å². The monoisotopic (exact) mass is 383 g/mol. The van der Waals surface area contributed by atoms with Crippen molar-refractivity contribution in [1.82, 2.24) is 9.80 Å². The Morgan fingerprint density at radius 2 is 1.64 bits per heavy atom. The largest absolute Gasteiger partial charge is 0.489 e. The zero-order valence-corrected chi connectivity index (χ0v) is 16.9. The minimum Gasteiger partial charge on any atom is -0.489 e. The molecule has 0 saturated heterocycles. The van der Waals surface area contributed by atoms with E-state index in [1.165, 1.54) is 6.92 Å². The minimum atomic E-state index is -0.210. The summed E-state index contributed by atoms with van der Waals surface area (Å²) in [6.07, 6.45) is 0.827.